The van der Waals surface area contributed by atoms with Crippen LogP contribution in [0.3, 0.4) is 0 Å². The lowest BCUT2D eigenvalue weighted by atomic mass is 10.1. The first kappa shape index (κ1) is 18.9. The Hall–Kier alpha value is -1.85. The summed E-state index contributed by atoms with van der Waals surface area (Å²) in [5, 5.41) is 5.17. The maximum atomic E-state index is 12.3. The monoisotopic (exact) mass is 372 g/mol. The molecule has 1 aliphatic heterocycles. The highest BCUT2D eigenvalue weighted by molar-refractivity contribution is 7.10. The molecule has 1 fully saturated rings. The molecule has 0 radical (unpaired) electrons. The van der Waals surface area contributed by atoms with Crippen LogP contribution in [0.15, 0.2) is 35.7 Å². The molecule has 2 heterocycles. The number of hydrogen-bond donors (Lipinski definition) is 1. The maximum Gasteiger partial charge on any atom is 0.258 e. The third-order valence-corrected chi connectivity index (χ3v) is 6.02. The van der Waals surface area contributed by atoms with Gasteiger partial charge in [0.2, 0.25) is 0 Å². The molecule has 26 heavy (non-hydrogen) atoms. The van der Waals surface area contributed by atoms with Gasteiger partial charge in [0.05, 0.1) is 6.04 Å². The number of hydrogen-bond acceptors (Lipinski definition) is 4. The van der Waals surface area contributed by atoms with E-state index in [0.29, 0.717) is 6.54 Å². The molecule has 0 bridgehead atoms. The average molecular weight is 373 g/mol. The summed E-state index contributed by atoms with van der Waals surface area (Å²) in [5.74, 6) is 0.677. The van der Waals surface area contributed by atoms with Crippen LogP contribution >= 0.6 is 11.3 Å². The van der Waals surface area contributed by atoms with E-state index in [1.165, 1.54) is 35.3 Å². The molecule has 3 rings (SSSR count). The first-order chi connectivity index (χ1) is 12.6. The van der Waals surface area contributed by atoms with Crippen molar-refractivity contribution in [3.05, 3.63) is 51.7 Å². The van der Waals surface area contributed by atoms with Crippen molar-refractivity contribution >= 4 is 17.2 Å². The van der Waals surface area contributed by atoms with E-state index in [2.05, 4.69) is 34.7 Å². The molecule has 1 saturated heterocycles. The van der Waals surface area contributed by atoms with Crippen LogP contribution in [0.2, 0.25) is 0 Å². The van der Waals surface area contributed by atoms with Crippen molar-refractivity contribution in [2.24, 2.45) is 0 Å². The number of carbonyl (C=O) groups is 1. The highest BCUT2D eigenvalue weighted by atomic mass is 32.1. The second-order valence-corrected chi connectivity index (χ2v) is 7.95. The summed E-state index contributed by atoms with van der Waals surface area (Å²) in [5.41, 5.74) is 2.40. The molecule has 1 aliphatic rings. The van der Waals surface area contributed by atoms with E-state index in [-0.39, 0.29) is 18.6 Å². The lowest BCUT2D eigenvalue weighted by Crippen LogP contribution is -2.41. The van der Waals surface area contributed by atoms with Gasteiger partial charge in [-0.15, -0.1) is 11.3 Å². The average Bonchev–Trinajstić information content (AvgIpc) is 3.18. The Labute approximate surface area is 160 Å². The molecule has 1 amide bonds. The van der Waals surface area contributed by atoms with Crippen LogP contribution in [-0.4, -0.2) is 37.0 Å². The highest BCUT2D eigenvalue weighted by Crippen LogP contribution is 2.27. The molecule has 1 aromatic carbocycles. The van der Waals surface area contributed by atoms with E-state index in [1.807, 2.05) is 25.1 Å². The first-order valence-corrected chi connectivity index (χ1v) is 10.3. The molecule has 0 aliphatic carbocycles. The Kier molecular flexibility index (Phi) is 6.69. The van der Waals surface area contributed by atoms with E-state index in [1.54, 1.807) is 11.3 Å². The van der Waals surface area contributed by atoms with Gasteiger partial charge in [0.25, 0.3) is 5.91 Å². The fourth-order valence-electron chi connectivity index (χ4n) is 3.33. The predicted octanol–water partition coefficient (Wildman–Crippen LogP) is 4.09. The van der Waals surface area contributed by atoms with E-state index in [0.717, 1.165) is 18.8 Å². The van der Waals surface area contributed by atoms with Gasteiger partial charge in [0.1, 0.15) is 5.75 Å². The summed E-state index contributed by atoms with van der Waals surface area (Å²) in [6, 6.07) is 10.4. The summed E-state index contributed by atoms with van der Waals surface area (Å²) in [6.45, 7) is 7.02. The fourth-order valence-corrected chi connectivity index (χ4v) is 4.20. The van der Waals surface area contributed by atoms with Crippen molar-refractivity contribution < 1.29 is 9.53 Å². The van der Waals surface area contributed by atoms with Gasteiger partial charge in [0, 0.05) is 11.4 Å². The smallest absolute Gasteiger partial charge is 0.258 e. The fraction of sp³-hybridized carbons (Fsp3) is 0.476. The molecule has 4 nitrogen and oxygen atoms in total. The zero-order valence-corrected chi connectivity index (χ0v) is 16.5. The quantitative estimate of drug-likeness (QED) is 0.796. The van der Waals surface area contributed by atoms with Crippen LogP contribution < -0.4 is 10.1 Å². The Morgan fingerprint density at radius 3 is 2.69 bits per heavy atom. The van der Waals surface area contributed by atoms with Crippen LogP contribution in [-0.2, 0) is 4.79 Å². The summed E-state index contributed by atoms with van der Waals surface area (Å²) < 4.78 is 5.65. The number of amides is 1. The van der Waals surface area contributed by atoms with Crippen LogP contribution in [0.4, 0.5) is 0 Å². The van der Waals surface area contributed by atoms with Crippen molar-refractivity contribution in [1.29, 1.82) is 0 Å². The van der Waals surface area contributed by atoms with Crippen molar-refractivity contribution in [1.82, 2.24) is 10.2 Å². The Bertz CT molecular complexity index is 709. The number of benzene rings is 1. The summed E-state index contributed by atoms with van der Waals surface area (Å²) in [6.07, 6.45) is 3.79. The number of nitrogens with one attached hydrogen (secondary N) is 1. The maximum absolute atomic E-state index is 12.3. The van der Waals surface area contributed by atoms with Gasteiger partial charge in [-0.25, -0.2) is 0 Å². The molecule has 0 saturated carbocycles. The largest absolute Gasteiger partial charge is 0.484 e. The minimum atomic E-state index is -0.0678. The molecular formula is C21H28N2O2S. The summed E-state index contributed by atoms with van der Waals surface area (Å²) in [4.78, 5) is 16.1. The van der Waals surface area contributed by atoms with Crippen LogP contribution in [0.1, 0.15) is 41.3 Å². The van der Waals surface area contributed by atoms with Gasteiger partial charge < -0.3 is 10.1 Å². The minimum absolute atomic E-state index is 0.0552. The van der Waals surface area contributed by atoms with Crippen LogP contribution in [0.5, 0.6) is 5.75 Å². The number of likely N-dealkylation sites (tertiary alicyclic amines) is 1. The summed E-state index contributed by atoms with van der Waals surface area (Å²) in [7, 11) is 0. The number of nitrogens with zero attached hydrogens (tertiary/aromatic N) is 1. The summed E-state index contributed by atoms with van der Waals surface area (Å²) >= 11 is 1.77. The zero-order valence-electron chi connectivity index (χ0n) is 15.7. The second-order valence-electron chi connectivity index (χ2n) is 6.97. The van der Waals surface area contributed by atoms with Gasteiger partial charge in [-0.1, -0.05) is 18.6 Å². The van der Waals surface area contributed by atoms with E-state index < -0.39 is 0 Å². The molecule has 0 spiro atoms. The van der Waals surface area contributed by atoms with Crippen molar-refractivity contribution in [2.45, 2.75) is 39.2 Å². The van der Waals surface area contributed by atoms with Gasteiger partial charge in [-0.3, -0.25) is 9.69 Å². The predicted molar refractivity (Wildman–Crippen MR) is 107 cm³/mol. The number of piperidine rings is 1. The highest BCUT2D eigenvalue weighted by Gasteiger charge is 2.23. The number of ether oxygens (including phenoxy) is 1. The molecule has 2 aromatic rings. The van der Waals surface area contributed by atoms with E-state index >= 15 is 0 Å². The number of rotatable bonds is 7. The Morgan fingerprint density at radius 1 is 1.19 bits per heavy atom. The lowest BCUT2D eigenvalue weighted by molar-refractivity contribution is -0.123. The molecule has 1 N–H and O–H groups in total. The topological polar surface area (TPSA) is 41.6 Å². The first-order valence-electron chi connectivity index (χ1n) is 9.37. The van der Waals surface area contributed by atoms with Gasteiger partial charge in [0.15, 0.2) is 6.61 Å². The van der Waals surface area contributed by atoms with Gasteiger partial charge in [-0.05, 0) is 74.5 Å². The normalized spacial score (nSPS) is 16.2. The SMILES string of the molecule is Cc1ccc(OCC(=O)NC[C@@H](c2cccs2)N2CCCCC2)cc1C. The molecule has 1 atom stereocenters. The van der Waals surface area contributed by atoms with Gasteiger partial charge in [-0.2, -0.15) is 0 Å². The zero-order chi connectivity index (χ0) is 18.4. The molecule has 140 valence electrons. The molecule has 0 unspecified atom stereocenters. The van der Waals surface area contributed by atoms with Crippen molar-refractivity contribution in [3.63, 3.8) is 0 Å². The van der Waals surface area contributed by atoms with E-state index in [9.17, 15) is 4.79 Å². The number of aryl methyl sites for hydroxylation is 2. The van der Waals surface area contributed by atoms with Crippen LogP contribution in [0.25, 0.3) is 0 Å². The number of thiophene rings is 1. The van der Waals surface area contributed by atoms with Gasteiger partial charge >= 0.3 is 0 Å². The van der Waals surface area contributed by atoms with Crippen LogP contribution in [0, 0.1) is 13.8 Å². The third kappa shape index (κ3) is 5.08. The Balaban J connectivity index is 1.52. The number of carbonyl (C=O) groups excluding carboxylic acids is 1. The molecule has 1 aromatic heterocycles. The van der Waals surface area contributed by atoms with Crippen molar-refractivity contribution in [2.75, 3.05) is 26.2 Å². The Morgan fingerprint density at radius 2 is 2.00 bits per heavy atom. The molecular weight excluding hydrogens is 344 g/mol. The lowest BCUT2D eigenvalue weighted by Gasteiger charge is -2.34. The second kappa shape index (κ2) is 9.19. The standard InChI is InChI=1S/C21H28N2O2S/c1-16-8-9-18(13-17(16)2)25-15-21(24)22-14-19(20-7-6-12-26-20)23-10-4-3-5-11-23/h6-9,12-13,19H,3-5,10-11,14-15H2,1-2H3,(H,22,24)/t19-/m0/s1. The minimum Gasteiger partial charge on any atom is -0.484 e. The van der Waals surface area contributed by atoms with Crippen molar-refractivity contribution in [3.8, 4) is 5.75 Å². The molecule has 5 heteroatoms. The third-order valence-electron chi connectivity index (χ3n) is 5.04. The van der Waals surface area contributed by atoms with E-state index in [4.69, 9.17) is 4.74 Å².